The molecule has 0 radical (unpaired) electrons. The summed E-state index contributed by atoms with van der Waals surface area (Å²) in [7, 11) is 0. The van der Waals surface area contributed by atoms with Crippen LogP contribution < -0.4 is 15.2 Å². The average Bonchev–Trinajstić information content (AvgIpc) is 2.48. The maximum absolute atomic E-state index is 5.95. The van der Waals surface area contributed by atoms with Crippen LogP contribution in [0.3, 0.4) is 0 Å². The van der Waals surface area contributed by atoms with Gasteiger partial charge in [-0.25, -0.2) is 0 Å². The minimum Gasteiger partial charge on any atom is -0.493 e. The second kappa shape index (κ2) is 8.05. The van der Waals surface area contributed by atoms with E-state index in [1.807, 2.05) is 55.5 Å². The molecule has 2 rings (SSSR count). The van der Waals surface area contributed by atoms with E-state index in [1.54, 1.807) is 0 Å². The highest BCUT2D eigenvalue weighted by atomic mass is 79.9. The first-order valence-electron chi connectivity index (χ1n) is 7.02. The van der Waals surface area contributed by atoms with Gasteiger partial charge in [0.25, 0.3) is 0 Å². The molecule has 0 aliphatic heterocycles. The molecule has 0 unspecified atom stereocenters. The number of ether oxygens (including phenoxy) is 2. The summed E-state index contributed by atoms with van der Waals surface area (Å²) in [6.07, 6.45) is 0.819. The van der Waals surface area contributed by atoms with E-state index in [0.29, 0.717) is 13.2 Å². The minimum atomic E-state index is -0.0475. The van der Waals surface area contributed by atoms with Gasteiger partial charge in [0.2, 0.25) is 0 Å². The summed E-state index contributed by atoms with van der Waals surface area (Å²) in [5.74, 6) is 1.72. The molecule has 0 aromatic heterocycles. The molecule has 1 atom stereocenters. The predicted octanol–water partition coefficient (Wildman–Crippen LogP) is 4.32. The van der Waals surface area contributed by atoms with Gasteiger partial charge >= 0.3 is 0 Å². The van der Waals surface area contributed by atoms with Gasteiger partial charge in [0.05, 0.1) is 13.2 Å². The highest BCUT2D eigenvalue weighted by Crippen LogP contribution is 2.27. The fraction of sp³-hybridized carbons (Fsp3) is 0.294. The molecule has 0 amide bonds. The zero-order valence-electron chi connectivity index (χ0n) is 12.1. The lowest BCUT2D eigenvalue weighted by Gasteiger charge is -2.14. The normalized spacial score (nSPS) is 12.0. The number of nitrogens with two attached hydrogens (primary N) is 1. The molecule has 0 saturated carbocycles. The molecule has 2 aromatic carbocycles. The van der Waals surface area contributed by atoms with Crippen LogP contribution >= 0.6 is 15.9 Å². The first-order valence-corrected chi connectivity index (χ1v) is 7.82. The lowest BCUT2D eigenvalue weighted by molar-refractivity contribution is 0.245. The lowest BCUT2D eigenvalue weighted by atomic mass is 10.1. The van der Waals surface area contributed by atoms with Gasteiger partial charge in [0, 0.05) is 22.5 Å². The molecule has 0 heterocycles. The maximum Gasteiger partial charge on any atom is 0.125 e. The largest absolute Gasteiger partial charge is 0.493 e. The molecule has 2 aromatic rings. The zero-order valence-corrected chi connectivity index (χ0v) is 13.7. The molecule has 112 valence electrons. The van der Waals surface area contributed by atoms with Crippen molar-refractivity contribution in [1.82, 2.24) is 0 Å². The Labute approximate surface area is 134 Å². The monoisotopic (exact) mass is 349 g/mol. The van der Waals surface area contributed by atoms with Crippen molar-refractivity contribution in [3.63, 3.8) is 0 Å². The second-order valence-electron chi connectivity index (χ2n) is 4.83. The smallest absolute Gasteiger partial charge is 0.125 e. The maximum atomic E-state index is 5.95. The van der Waals surface area contributed by atoms with E-state index in [2.05, 4.69) is 15.9 Å². The summed E-state index contributed by atoms with van der Waals surface area (Å²) in [6, 6.07) is 15.7. The molecular weight excluding hydrogens is 330 g/mol. The Hall–Kier alpha value is -1.52. The lowest BCUT2D eigenvalue weighted by Crippen LogP contribution is -2.10. The Kier molecular flexibility index (Phi) is 6.08. The van der Waals surface area contributed by atoms with E-state index in [0.717, 1.165) is 28.0 Å². The second-order valence-corrected chi connectivity index (χ2v) is 5.75. The molecule has 0 spiro atoms. The third-order valence-corrected chi connectivity index (χ3v) is 3.52. The van der Waals surface area contributed by atoms with Gasteiger partial charge in [0.15, 0.2) is 0 Å². The van der Waals surface area contributed by atoms with Crippen LogP contribution in [0.2, 0.25) is 0 Å². The summed E-state index contributed by atoms with van der Waals surface area (Å²) < 4.78 is 12.4. The molecular formula is C17H20BrNO2. The van der Waals surface area contributed by atoms with E-state index < -0.39 is 0 Å². The van der Waals surface area contributed by atoms with Crippen molar-refractivity contribution in [3.05, 3.63) is 58.6 Å². The summed E-state index contributed by atoms with van der Waals surface area (Å²) >= 11 is 3.45. The molecule has 0 aliphatic rings. The number of hydrogen-bond acceptors (Lipinski definition) is 3. The third-order valence-electron chi connectivity index (χ3n) is 3.02. The number of benzene rings is 2. The fourth-order valence-electron chi connectivity index (χ4n) is 1.96. The highest BCUT2D eigenvalue weighted by Gasteiger charge is 2.08. The average molecular weight is 350 g/mol. The van der Waals surface area contributed by atoms with E-state index in [9.17, 15) is 0 Å². The summed E-state index contributed by atoms with van der Waals surface area (Å²) in [4.78, 5) is 0. The Morgan fingerprint density at radius 3 is 2.48 bits per heavy atom. The zero-order chi connectivity index (χ0) is 15.1. The van der Waals surface area contributed by atoms with Crippen molar-refractivity contribution in [1.29, 1.82) is 0 Å². The van der Waals surface area contributed by atoms with Gasteiger partial charge < -0.3 is 15.2 Å². The molecule has 2 N–H and O–H groups in total. The molecule has 0 fully saturated rings. The van der Waals surface area contributed by atoms with E-state index in [-0.39, 0.29) is 6.04 Å². The molecule has 0 bridgehead atoms. The highest BCUT2D eigenvalue weighted by molar-refractivity contribution is 9.10. The first kappa shape index (κ1) is 15.9. The fourth-order valence-corrected chi connectivity index (χ4v) is 2.30. The Bertz CT molecular complexity index is 558. The van der Waals surface area contributed by atoms with Crippen molar-refractivity contribution in [2.24, 2.45) is 5.73 Å². The van der Waals surface area contributed by atoms with Gasteiger partial charge in [-0.15, -0.1) is 0 Å². The Morgan fingerprint density at radius 2 is 1.76 bits per heavy atom. The van der Waals surface area contributed by atoms with Crippen molar-refractivity contribution in [3.8, 4) is 11.5 Å². The topological polar surface area (TPSA) is 44.5 Å². The summed E-state index contributed by atoms with van der Waals surface area (Å²) in [5, 5.41) is 0. The van der Waals surface area contributed by atoms with Crippen molar-refractivity contribution in [2.45, 2.75) is 19.4 Å². The van der Waals surface area contributed by atoms with Crippen molar-refractivity contribution >= 4 is 15.9 Å². The van der Waals surface area contributed by atoms with Crippen LogP contribution in [0.4, 0.5) is 0 Å². The number of halogens is 1. The van der Waals surface area contributed by atoms with Crippen molar-refractivity contribution in [2.75, 3.05) is 13.2 Å². The summed E-state index contributed by atoms with van der Waals surface area (Å²) in [6.45, 7) is 3.18. The van der Waals surface area contributed by atoms with Gasteiger partial charge in [-0.2, -0.15) is 0 Å². The SMILES string of the molecule is C[C@H](N)c1ccc(Br)cc1OCCCOc1ccccc1. The number of para-hydroxylation sites is 1. The predicted molar refractivity (Wildman–Crippen MR) is 88.8 cm³/mol. The van der Waals surface area contributed by atoms with Gasteiger partial charge in [0.1, 0.15) is 11.5 Å². The van der Waals surface area contributed by atoms with Gasteiger partial charge in [-0.1, -0.05) is 40.2 Å². The number of rotatable bonds is 7. The van der Waals surface area contributed by atoms with E-state index in [1.165, 1.54) is 0 Å². The standard InChI is InChI=1S/C17H20BrNO2/c1-13(19)16-9-8-14(18)12-17(16)21-11-5-10-20-15-6-3-2-4-7-15/h2-4,6-9,12-13H,5,10-11,19H2,1H3/t13-/m0/s1. The van der Waals surface area contributed by atoms with Crippen LogP contribution in [-0.4, -0.2) is 13.2 Å². The van der Waals surface area contributed by atoms with Crippen LogP contribution in [0.25, 0.3) is 0 Å². The molecule has 0 saturated heterocycles. The molecule has 4 heteroatoms. The van der Waals surface area contributed by atoms with E-state index in [4.69, 9.17) is 15.2 Å². The molecule has 3 nitrogen and oxygen atoms in total. The third kappa shape index (κ3) is 5.06. The van der Waals surface area contributed by atoms with Gasteiger partial charge in [-0.3, -0.25) is 0 Å². The number of hydrogen-bond donors (Lipinski definition) is 1. The van der Waals surface area contributed by atoms with Crippen LogP contribution in [0, 0.1) is 0 Å². The molecule has 21 heavy (non-hydrogen) atoms. The minimum absolute atomic E-state index is 0.0475. The van der Waals surface area contributed by atoms with Crippen LogP contribution in [0.1, 0.15) is 24.9 Å². The van der Waals surface area contributed by atoms with E-state index >= 15 is 0 Å². The van der Waals surface area contributed by atoms with Crippen molar-refractivity contribution < 1.29 is 9.47 Å². The van der Waals surface area contributed by atoms with Gasteiger partial charge in [-0.05, 0) is 31.2 Å². The summed E-state index contributed by atoms with van der Waals surface area (Å²) in [5.41, 5.74) is 6.97. The Morgan fingerprint density at radius 1 is 1.05 bits per heavy atom. The quantitative estimate of drug-likeness (QED) is 0.757. The molecule has 0 aliphatic carbocycles. The van der Waals surface area contributed by atoms with Crippen LogP contribution in [0.5, 0.6) is 11.5 Å². The first-order chi connectivity index (χ1) is 10.2. The van der Waals surface area contributed by atoms with Crippen LogP contribution in [0.15, 0.2) is 53.0 Å². The van der Waals surface area contributed by atoms with Crippen LogP contribution in [-0.2, 0) is 0 Å². The Balaban J connectivity index is 1.79.